The first-order valence-electron chi connectivity index (χ1n) is 14.1. The third-order valence-electron chi connectivity index (χ3n) is 9.74. The minimum Gasteiger partial charge on any atom is -0.493 e. The summed E-state index contributed by atoms with van der Waals surface area (Å²) in [4.78, 5) is 26.8. The summed E-state index contributed by atoms with van der Waals surface area (Å²) in [5, 5.41) is 0. The Morgan fingerprint density at radius 1 is 0.900 bits per heavy atom. The van der Waals surface area contributed by atoms with E-state index in [4.69, 9.17) is 33.2 Å². The highest BCUT2D eigenvalue weighted by Crippen LogP contribution is 2.57. The molecule has 0 amide bonds. The van der Waals surface area contributed by atoms with E-state index >= 15 is 0 Å². The first kappa shape index (κ1) is 25.4. The topological polar surface area (TPSA) is 98.8 Å². The molecule has 0 spiro atoms. The Balaban J connectivity index is 1.30. The zero-order valence-corrected chi connectivity index (χ0v) is 23.0. The molecule has 3 unspecified atom stereocenters. The number of fused-ring (bicyclic) bond motifs is 5. The van der Waals surface area contributed by atoms with E-state index < -0.39 is 17.9 Å². The molecule has 1 saturated heterocycles. The van der Waals surface area contributed by atoms with Gasteiger partial charge in [-0.1, -0.05) is 6.42 Å². The predicted molar refractivity (Wildman–Crippen MR) is 141 cm³/mol. The average Bonchev–Trinajstić information content (AvgIpc) is 3.77. The summed E-state index contributed by atoms with van der Waals surface area (Å²) < 4.78 is 40.2. The van der Waals surface area contributed by atoms with Crippen LogP contribution in [0.2, 0.25) is 0 Å². The van der Waals surface area contributed by atoms with Gasteiger partial charge in [-0.15, -0.1) is 0 Å². The highest BCUT2D eigenvalue weighted by atomic mass is 16.7. The summed E-state index contributed by atoms with van der Waals surface area (Å²) in [6, 6.07) is 7.54. The average molecular weight is 551 g/mol. The molecule has 3 aliphatic carbocycles. The highest BCUT2D eigenvalue weighted by Gasteiger charge is 2.54. The Morgan fingerprint density at radius 2 is 1.62 bits per heavy atom. The van der Waals surface area contributed by atoms with Crippen molar-refractivity contribution in [1.82, 2.24) is 0 Å². The fourth-order valence-corrected chi connectivity index (χ4v) is 7.97. The Morgan fingerprint density at radius 3 is 2.25 bits per heavy atom. The molecule has 2 aromatic rings. The third kappa shape index (κ3) is 3.96. The molecular weight excluding hydrogens is 516 g/mol. The third-order valence-corrected chi connectivity index (χ3v) is 9.74. The minimum atomic E-state index is -0.634. The largest absolute Gasteiger partial charge is 0.493 e. The van der Waals surface area contributed by atoms with Crippen molar-refractivity contribution in [2.24, 2.45) is 29.6 Å². The molecule has 7 atom stereocenters. The van der Waals surface area contributed by atoms with Gasteiger partial charge < -0.3 is 33.2 Å². The van der Waals surface area contributed by atoms with Crippen LogP contribution in [0.15, 0.2) is 24.3 Å². The van der Waals surface area contributed by atoms with Crippen molar-refractivity contribution in [1.29, 1.82) is 0 Å². The highest BCUT2D eigenvalue weighted by molar-refractivity contribution is 5.79. The van der Waals surface area contributed by atoms with Crippen LogP contribution in [0, 0.1) is 29.6 Å². The monoisotopic (exact) mass is 550 g/mol. The van der Waals surface area contributed by atoms with Crippen LogP contribution in [0.25, 0.3) is 0 Å². The fourth-order valence-electron chi connectivity index (χ4n) is 7.97. The smallest absolute Gasteiger partial charge is 0.310 e. The number of carbonyl (C=O) groups excluding carboxylic acids is 2. The summed E-state index contributed by atoms with van der Waals surface area (Å²) in [5.74, 6) is 2.51. The molecule has 2 aromatic carbocycles. The van der Waals surface area contributed by atoms with Crippen molar-refractivity contribution in [2.75, 3.05) is 34.7 Å². The van der Waals surface area contributed by atoms with E-state index in [9.17, 15) is 9.59 Å². The van der Waals surface area contributed by atoms with E-state index in [1.54, 1.807) is 21.3 Å². The van der Waals surface area contributed by atoms with Crippen LogP contribution in [0.1, 0.15) is 60.8 Å². The van der Waals surface area contributed by atoms with Gasteiger partial charge in [0.15, 0.2) is 23.0 Å². The number of rotatable bonds is 7. The van der Waals surface area contributed by atoms with Gasteiger partial charge in [-0.05, 0) is 72.4 Å². The van der Waals surface area contributed by atoms with Crippen molar-refractivity contribution in [3.8, 4) is 28.7 Å². The number of carbonyl (C=O) groups is 2. The van der Waals surface area contributed by atoms with Gasteiger partial charge in [-0.3, -0.25) is 9.59 Å². The SMILES string of the molecule is COc1cc([C@@H]2c3cc4c(cc3[C@@H](OC(=O)CC3CC5CCC3C5)[C@H]3COC(=O)[C@H]23)OCO4)cc(OC)c1OC. The lowest BCUT2D eigenvalue weighted by atomic mass is 9.66. The van der Waals surface area contributed by atoms with Crippen LogP contribution >= 0.6 is 0 Å². The number of benzene rings is 2. The molecule has 2 heterocycles. The Hall–Kier alpha value is -3.62. The Labute approximate surface area is 233 Å². The maximum atomic E-state index is 13.4. The lowest BCUT2D eigenvalue weighted by molar-refractivity contribution is -0.156. The molecule has 2 bridgehead atoms. The molecule has 2 saturated carbocycles. The maximum Gasteiger partial charge on any atom is 0.310 e. The number of hydrogen-bond acceptors (Lipinski definition) is 9. The summed E-state index contributed by atoms with van der Waals surface area (Å²) in [6.45, 7) is 0.279. The van der Waals surface area contributed by atoms with Crippen molar-refractivity contribution in [3.05, 3.63) is 41.0 Å². The number of cyclic esters (lactones) is 1. The summed E-state index contributed by atoms with van der Waals surface area (Å²) >= 11 is 0. The van der Waals surface area contributed by atoms with Crippen molar-refractivity contribution >= 4 is 11.9 Å². The summed E-state index contributed by atoms with van der Waals surface area (Å²) in [5.41, 5.74) is 2.44. The van der Waals surface area contributed by atoms with Gasteiger partial charge >= 0.3 is 11.9 Å². The summed E-state index contributed by atoms with van der Waals surface area (Å²) in [7, 11) is 4.68. The quantitative estimate of drug-likeness (QED) is 0.451. The maximum absolute atomic E-state index is 13.4. The minimum absolute atomic E-state index is 0.108. The summed E-state index contributed by atoms with van der Waals surface area (Å²) in [6.07, 6.45) is 4.62. The van der Waals surface area contributed by atoms with E-state index in [0.29, 0.717) is 47.0 Å². The fraction of sp³-hybridized carbons (Fsp3) is 0.548. The number of esters is 2. The van der Waals surface area contributed by atoms with E-state index in [1.807, 2.05) is 24.3 Å². The zero-order valence-electron chi connectivity index (χ0n) is 23.0. The van der Waals surface area contributed by atoms with Crippen molar-refractivity contribution < 1.29 is 42.7 Å². The second-order valence-corrected chi connectivity index (χ2v) is 11.6. The van der Waals surface area contributed by atoms with Crippen LogP contribution in [0.3, 0.4) is 0 Å². The molecule has 9 nitrogen and oxygen atoms in total. The van der Waals surface area contributed by atoms with Gasteiger partial charge in [0.2, 0.25) is 12.5 Å². The molecule has 0 N–H and O–H groups in total. The van der Waals surface area contributed by atoms with Crippen LogP contribution in [0.5, 0.6) is 28.7 Å². The second kappa shape index (κ2) is 9.78. The molecule has 0 radical (unpaired) electrons. The Bertz CT molecular complexity index is 1330. The molecule has 7 rings (SSSR count). The first-order chi connectivity index (χ1) is 19.5. The first-order valence-corrected chi connectivity index (χ1v) is 14.1. The Kier molecular flexibility index (Phi) is 6.20. The number of methoxy groups -OCH3 is 3. The second-order valence-electron chi connectivity index (χ2n) is 11.6. The van der Waals surface area contributed by atoms with Gasteiger partial charge in [-0.2, -0.15) is 0 Å². The molecule has 0 aromatic heterocycles. The lowest BCUT2D eigenvalue weighted by Crippen LogP contribution is -2.37. The van der Waals surface area contributed by atoms with Crippen LogP contribution in [0.4, 0.5) is 0 Å². The molecule has 212 valence electrons. The van der Waals surface area contributed by atoms with E-state index in [2.05, 4.69) is 0 Å². The molecular formula is C31H34O9. The lowest BCUT2D eigenvalue weighted by Gasteiger charge is -2.39. The van der Waals surface area contributed by atoms with Crippen LogP contribution in [-0.2, 0) is 19.1 Å². The van der Waals surface area contributed by atoms with Crippen LogP contribution in [-0.4, -0.2) is 46.7 Å². The molecule has 9 heteroatoms. The van der Waals surface area contributed by atoms with E-state index in [1.165, 1.54) is 19.3 Å². The number of ether oxygens (including phenoxy) is 7. The van der Waals surface area contributed by atoms with Gasteiger partial charge in [0, 0.05) is 23.8 Å². The zero-order chi connectivity index (χ0) is 27.5. The predicted octanol–water partition coefficient (Wildman–Crippen LogP) is 4.79. The van der Waals surface area contributed by atoms with E-state index in [-0.39, 0.29) is 31.3 Å². The standard InChI is InChI=1S/C31H34O9/c1-34-24-8-18(9-25(35-2)30(24)36-3)27-19-11-22-23(39-14-38-22)12-20(19)29(21-13-37-31(33)28(21)27)40-26(32)10-17-7-15-4-5-16(17)6-15/h8-9,11-12,15-17,21,27-29H,4-7,10,13-14H2,1-3H3/t15?,16?,17?,21-,27+,28-,29+/m0/s1. The molecule has 40 heavy (non-hydrogen) atoms. The van der Waals surface area contributed by atoms with Crippen LogP contribution < -0.4 is 23.7 Å². The van der Waals surface area contributed by atoms with Crippen molar-refractivity contribution in [3.63, 3.8) is 0 Å². The van der Waals surface area contributed by atoms with Gasteiger partial charge in [0.25, 0.3) is 0 Å². The normalized spacial score (nSPS) is 30.9. The molecule has 2 aliphatic heterocycles. The number of hydrogen-bond donors (Lipinski definition) is 0. The van der Waals surface area contributed by atoms with Gasteiger partial charge in [0.05, 0.1) is 33.9 Å². The van der Waals surface area contributed by atoms with Gasteiger partial charge in [0.1, 0.15) is 6.10 Å². The van der Waals surface area contributed by atoms with E-state index in [0.717, 1.165) is 29.0 Å². The van der Waals surface area contributed by atoms with Gasteiger partial charge in [-0.25, -0.2) is 0 Å². The molecule has 3 fully saturated rings. The molecule has 5 aliphatic rings. The van der Waals surface area contributed by atoms with Crippen molar-refractivity contribution in [2.45, 2.75) is 44.1 Å².